The van der Waals surface area contributed by atoms with Gasteiger partial charge in [0.25, 0.3) is 11.8 Å². The van der Waals surface area contributed by atoms with Gasteiger partial charge in [-0.05, 0) is 12.8 Å². The van der Waals surface area contributed by atoms with Gasteiger partial charge in [0.15, 0.2) is 12.4 Å². The van der Waals surface area contributed by atoms with E-state index < -0.39 is 35.7 Å². The highest BCUT2D eigenvalue weighted by Crippen LogP contribution is 2.14. The molecule has 0 aromatic heterocycles. The van der Waals surface area contributed by atoms with E-state index in [0.29, 0.717) is 25.8 Å². The van der Waals surface area contributed by atoms with Gasteiger partial charge in [0.05, 0.1) is 6.54 Å². The fourth-order valence-electron chi connectivity index (χ4n) is 1.72. The lowest BCUT2D eigenvalue weighted by Gasteiger charge is -2.15. The molecule has 3 amide bonds. The fraction of sp³-hybridized carbons (Fsp3) is 0.688. The van der Waals surface area contributed by atoms with Crippen molar-refractivity contribution in [2.75, 3.05) is 19.7 Å². The molecule has 0 aromatic rings. The van der Waals surface area contributed by atoms with Crippen LogP contribution in [-0.2, 0) is 23.9 Å². The summed E-state index contributed by atoms with van der Waals surface area (Å²) in [6.07, 6.45) is 1.18. The van der Waals surface area contributed by atoms with Crippen molar-refractivity contribution in [1.29, 1.82) is 0 Å². The molecule has 0 bridgehead atoms. The van der Waals surface area contributed by atoms with Crippen molar-refractivity contribution in [1.82, 2.24) is 10.6 Å². The molecule has 0 aromatic carbocycles. The first-order valence-electron chi connectivity index (χ1n) is 8.07. The standard InChI is InChI=1S/C16H27N3O6/c1-16(2,3)13(22)14(23)18-8-6-4-5-7-11(20)9-19-12(21)10-25-15(17)24/h4-10H2,1-3H3,(H2,17,24)(H,18,23)(H,19,21). The van der Waals surface area contributed by atoms with Crippen LogP contribution in [0.1, 0.15) is 46.5 Å². The molecule has 0 unspecified atom stereocenters. The highest BCUT2D eigenvalue weighted by molar-refractivity contribution is 6.37. The summed E-state index contributed by atoms with van der Waals surface area (Å²) in [4.78, 5) is 56.3. The van der Waals surface area contributed by atoms with E-state index >= 15 is 0 Å². The average Bonchev–Trinajstić information content (AvgIpc) is 2.52. The van der Waals surface area contributed by atoms with Gasteiger partial charge >= 0.3 is 6.09 Å². The quantitative estimate of drug-likeness (QED) is 0.352. The number of ketones is 2. The third-order valence-electron chi connectivity index (χ3n) is 3.13. The summed E-state index contributed by atoms with van der Waals surface area (Å²) in [5.74, 6) is -1.80. The maximum atomic E-state index is 11.7. The summed E-state index contributed by atoms with van der Waals surface area (Å²) in [6.45, 7) is 4.75. The Kier molecular flexibility index (Phi) is 10.1. The Hall–Kier alpha value is -2.45. The number of rotatable bonds is 11. The van der Waals surface area contributed by atoms with Crippen molar-refractivity contribution in [3.8, 4) is 0 Å². The summed E-state index contributed by atoms with van der Waals surface area (Å²) < 4.78 is 4.28. The van der Waals surface area contributed by atoms with Crippen molar-refractivity contribution in [3.63, 3.8) is 0 Å². The molecule has 0 atom stereocenters. The predicted octanol–water partition coefficient (Wildman–Crippen LogP) is 0.0588. The van der Waals surface area contributed by atoms with E-state index in [0.717, 1.165) is 0 Å². The second kappa shape index (κ2) is 11.2. The lowest BCUT2D eigenvalue weighted by Crippen LogP contribution is -2.38. The predicted molar refractivity (Wildman–Crippen MR) is 89.5 cm³/mol. The number of Topliss-reactive ketones (excluding diaryl/α,β-unsaturated/α-hetero) is 2. The minimum Gasteiger partial charge on any atom is -0.440 e. The van der Waals surface area contributed by atoms with Gasteiger partial charge in [-0.1, -0.05) is 27.2 Å². The summed E-state index contributed by atoms with van der Waals surface area (Å²) >= 11 is 0. The lowest BCUT2D eigenvalue weighted by atomic mass is 9.90. The van der Waals surface area contributed by atoms with E-state index in [1.165, 1.54) is 0 Å². The Morgan fingerprint density at radius 3 is 2.16 bits per heavy atom. The van der Waals surface area contributed by atoms with Crippen LogP contribution < -0.4 is 16.4 Å². The molecule has 0 spiro atoms. The third kappa shape index (κ3) is 11.7. The zero-order valence-electron chi connectivity index (χ0n) is 15.0. The summed E-state index contributed by atoms with van der Waals surface area (Å²) in [7, 11) is 0. The highest BCUT2D eigenvalue weighted by atomic mass is 16.5. The molecule has 0 aliphatic carbocycles. The van der Waals surface area contributed by atoms with Crippen LogP contribution in [0.2, 0.25) is 0 Å². The van der Waals surface area contributed by atoms with Gasteiger partial charge in [0, 0.05) is 18.4 Å². The van der Waals surface area contributed by atoms with Crippen LogP contribution in [0.4, 0.5) is 4.79 Å². The molecule has 4 N–H and O–H groups in total. The van der Waals surface area contributed by atoms with Crippen molar-refractivity contribution < 1.29 is 28.7 Å². The molecule has 0 saturated carbocycles. The number of unbranched alkanes of at least 4 members (excludes halogenated alkanes) is 2. The number of hydrogen-bond donors (Lipinski definition) is 3. The van der Waals surface area contributed by atoms with Crippen LogP contribution in [0, 0.1) is 5.41 Å². The lowest BCUT2D eigenvalue weighted by molar-refractivity contribution is -0.142. The number of nitrogens with one attached hydrogen (secondary N) is 2. The normalized spacial score (nSPS) is 10.7. The van der Waals surface area contributed by atoms with E-state index in [1.54, 1.807) is 20.8 Å². The largest absolute Gasteiger partial charge is 0.440 e. The fourth-order valence-corrected chi connectivity index (χ4v) is 1.72. The van der Waals surface area contributed by atoms with Crippen molar-refractivity contribution >= 4 is 29.5 Å². The summed E-state index contributed by atoms with van der Waals surface area (Å²) in [6, 6.07) is 0. The van der Waals surface area contributed by atoms with Crippen LogP contribution in [0.25, 0.3) is 0 Å². The van der Waals surface area contributed by atoms with Crippen LogP contribution >= 0.6 is 0 Å². The van der Waals surface area contributed by atoms with Crippen molar-refractivity contribution in [2.24, 2.45) is 11.1 Å². The van der Waals surface area contributed by atoms with E-state index in [4.69, 9.17) is 5.73 Å². The number of carbonyl (C=O) groups is 5. The van der Waals surface area contributed by atoms with Gasteiger partial charge in [-0.15, -0.1) is 0 Å². The van der Waals surface area contributed by atoms with E-state index in [9.17, 15) is 24.0 Å². The van der Waals surface area contributed by atoms with Crippen LogP contribution in [0.5, 0.6) is 0 Å². The molecule has 0 fully saturated rings. The van der Waals surface area contributed by atoms with Crippen molar-refractivity contribution in [3.05, 3.63) is 0 Å². The van der Waals surface area contributed by atoms with Gasteiger partial charge in [-0.3, -0.25) is 19.2 Å². The average molecular weight is 357 g/mol. The molecule has 0 heterocycles. The SMILES string of the molecule is CC(C)(C)C(=O)C(=O)NCCCCCC(=O)CNC(=O)COC(N)=O. The molecular formula is C16H27N3O6. The maximum absolute atomic E-state index is 11.7. The Morgan fingerprint density at radius 1 is 0.960 bits per heavy atom. The molecule has 25 heavy (non-hydrogen) atoms. The molecule has 0 aliphatic heterocycles. The van der Waals surface area contributed by atoms with Gasteiger partial charge in [-0.25, -0.2) is 4.79 Å². The number of hydrogen-bond acceptors (Lipinski definition) is 6. The minimum absolute atomic E-state index is 0.141. The van der Waals surface area contributed by atoms with Crippen LogP contribution in [0.15, 0.2) is 0 Å². The first-order valence-corrected chi connectivity index (χ1v) is 8.07. The van der Waals surface area contributed by atoms with Crippen molar-refractivity contribution in [2.45, 2.75) is 46.5 Å². The number of ether oxygens (including phenoxy) is 1. The van der Waals surface area contributed by atoms with Crippen LogP contribution in [0.3, 0.4) is 0 Å². The smallest absolute Gasteiger partial charge is 0.405 e. The Balaban J connectivity index is 3.70. The first-order chi connectivity index (χ1) is 11.5. The Labute approximate surface area is 147 Å². The zero-order chi connectivity index (χ0) is 19.5. The number of primary amides is 1. The number of nitrogens with two attached hydrogens (primary N) is 1. The van der Waals surface area contributed by atoms with E-state index in [2.05, 4.69) is 15.4 Å². The molecule has 142 valence electrons. The molecule has 0 saturated heterocycles. The van der Waals surface area contributed by atoms with Crippen LogP contribution in [-0.4, -0.2) is 49.2 Å². The van der Waals surface area contributed by atoms with E-state index in [-0.39, 0.29) is 18.7 Å². The van der Waals surface area contributed by atoms with Gasteiger partial charge in [0.2, 0.25) is 5.78 Å². The highest BCUT2D eigenvalue weighted by Gasteiger charge is 2.27. The van der Waals surface area contributed by atoms with E-state index in [1.807, 2.05) is 0 Å². The Bertz CT molecular complexity index is 510. The van der Waals surface area contributed by atoms with Gasteiger partial charge in [-0.2, -0.15) is 0 Å². The topological polar surface area (TPSA) is 145 Å². The number of carbonyl (C=O) groups excluding carboxylic acids is 5. The maximum Gasteiger partial charge on any atom is 0.405 e. The summed E-state index contributed by atoms with van der Waals surface area (Å²) in [5.41, 5.74) is 4.00. The molecular weight excluding hydrogens is 330 g/mol. The third-order valence-corrected chi connectivity index (χ3v) is 3.13. The molecule has 0 aliphatic rings. The monoisotopic (exact) mass is 357 g/mol. The Morgan fingerprint density at radius 2 is 1.60 bits per heavy atom. The molecule has 9 nitrogen and oxygen atoms in total. The first kappa shape index (κ1) is 22.6. The second-order valence-electron chi connectivity index (χ2n) is 6.57. The minimum atomic E-state index is -1.06. The second-order valence-corrected chi connectivity index (χ2v) is 6.57. The van der Waals surface area contributed by atoms with Gasteiger partial charge in [0.1, 0.15) is 0 Å². The molecule has 0 radical (unpaired) electrons. The molecule has 0 rings (SSSR count). The van der Waals surface area contributed by atoms with Gasteiger partial charge < -0.3 is 21.1 Å². The zero-order valence-corrected chi connectivity index (χ0v) is 15.0. The molecule has 9 heteroatoms. The summed E-state index contributed by atoms with van der Waals surface area (Å²) in [5, 5.41) is 4.87. The number of amides is 3.